The van der Waals surface area contributed by atoms with Crippen molar-refractivity contribution in [2.45, 2.75) is 26.7 Å². The molecule has 0 radical (unpaired) electrons. The van der Waals surface area contributed by atoms with Crippen LogP contribution in [-0.4, -0.2) is 11.2 Å². The monoisotopic (exact) mass is 276 g/mol. The van der Waals surface area contributed by atoms with Gasteiger partial charge < -0.3 is 0 Å². The van der Waals surface area contributed by atoms with E-state index in [0.717, 1.165) is 29.2 Å². The Labute approximate surface area is 117 Å². The van der Waals surface area contributed by atoms with Crippen LogP contribution in [0.5, 0.6) is 0 Å². The summed E-state index contributed by atoms with van der Waals surface area (Å²) in [7, 11) is 0. The second-order valence-corrected chi connectivity index (χ2v) is 5.21. The number of aromatic nitrogens is 1. The van der Waals surface area contributed by atoms with Crippen LogP contribution in [0.2, 0.25) is 0 Å². The van der Waals surface area contributed by atoms with Gasteiger partial charge >= 0.3 is 0 Å². The third-order valence-corrected chi connectivity index (χ3v) is 3.83. The number of thiazole rings is 1. The largest absolute Gasteiger partial charge is 0.232 e. The molecule has 0 saturated heterocycles. The molecule has 1 heterocycles. The molecule has 100 valence electrons. The molecule has 0 saturated carbocycles. The van der Waals surface area contributed by atoms with E-state index in [2.05, 4.69) is 23.8 Å². The van der Waals surface area contributed by atoms with Crippen LogP contribution in [0.3, 0.4) is 0 Å². The van der Waals surface area contributed by atoms with E-state index in [4.69, 9.17) is 0 Å². The zero-order valence-corrected chi connectivity index (χ0v) is 12.0. The van der Waals surface area contributed by atoms with Crippen molar-refractivity contribution in [3.05, 3.63) is 35.5 Å². The summed E-state index contributed by atoms with van der Waals surface area (Å²) in [6, 6.07) is 6.36. The van der Waals surface area contributed by atoms with Crippen molar-refractivity contribution in [1.82, 2.24) is 4.98 Å². The van der Waals surface area contributed by atoms with Crippen LogP contribution in [-0.2, 0) is 0 Å². The lowest BCUT2D eigenvalue weighted by Crippen LogP contribution is -1.96. The highest BCUT2D eigenvalue weighted by molar-refractivity contribution is 7.13. The maximum absolute atomic E-state index is 12.9. The molecule has 1 aromatic carbocycles. The molecule has 2 aromatic rings. The minimum absolute atomic E-state index is 0.231. The molecule has 0 fully saturated rings. The van der Waals surface area contributed by atoms with Gasteiger partial charge in [-0.25, -0.2) is 14.4 Å². The first kappa shape index (κ1) is 13.9. The highest BCUT2D eigenvalue weighted by Crippen LogP contribution is 2.26. The highest BCUT2D eigenvalue weighted by atomic mass is 32.1. The van der Waals surface area contributed by atoms with E-state index in [-0.39, 0.29) is 5.82 Å². The minimum atomic E-state index is -0.231. The van der Waals surface area contributed by atoms with Gasteiger partial charge in [0.05, 0.1) is 5.69 Å². The Bertz CT molecular complexity index is 542. The van der Waals surface area contributed by atoms with Gasteiger partial charge in [-0.15, -0.1) is 11.3 Å². The van der Waals surface area contributed by atoms with Crippen molar-refractivity contribution in [2.75, 3.05) is 0 Å². The normalized spacial score (nSPS) is 11.6. The summed E-state index contributed by atoms with van der Waals surface area (Å²) >= 11 is 1.51. The Morgan fingerprint density at radius 2 is 1.95 bits per heavy atom. The molecule has 0 aliphatic rings. The summed E-state index contributed by atoms with van der Waals surface area (Å²) in [5.41, 5.74) is 1.77. The Balaban J connectivity index is 2.13. The quantitative estimate of drug-likeness (QED) is 0.698. The Morgan fingerprint density at radius 1 is 1.26 bits per heavy atom. The molecule has 0 aliphatic heterocycles. The number of halogens is 1. The van der Waals surface area contributed by atoms with Crippen LogP contribution in [0.25, 0.3) is 11.3 Å². The smallest absolute Gasteiger partial charge is 0.209 e. The molecule has 0 N–H and O–H groups in total. The molecule has 4 heteroatoms. The van der Waals surface area contributed by atoms with Gasteiger partial charge in [0.1, 0.15) is 5.82 Å². The lowest BCUT2D eigenvalue weighted by atomic mass is 10.1. The number of rotatable bonds is 5. The van der Waals surface area contributed by atoms with Crippen LogP contribution in [0.4, 0.5) is 9.52 Å². The van der Waals surface area contributed by atoms with Crippen molar-refractivity contribution >= 4 is 22.7 Å². The summed E-state index contributed by atoms with van der Waals surface area (Å²) in [5, 5.41) is 2.71. The second kappa shape index (κ2) is 6.57. The first-order chi connectivity index (χ1) is 9.22. The molecule has 0 amide bonds. The summed E-state index contributed by atoms with van der Waals surface area (Å²) in [6.07, 6.45) is 4.17. The Morgan fingerprint density at radius 3 is 2.58 bits per heavy atom. The number of hydrogen-bond donors (Lipinski definition) is 0. The Hall–Kier alpha value is -1.55. The van der Waals surface area contributed by atoms with Crippen LogP contribution in [0.1, 0.15) is 26.7 Å². The predicted octanol–water partition coefficient (Wildman–Crippen LogP) is 5.09. The molecule has 0 atom stereocenters. The molecule has 0 aliphatic carbocycles. The summed E-state index contributed by atoms with van der Waals surface area (Å²) < 4.78 is 12.9. The van der Waals surface area contributed by atoms with E-state index in [1.807, 2.05) is 11.6 Å². The molecule has 0 spiro atoms. The zero-order valence-electron chi connectivity index (χ0n) is 11.1. The topological polar surface area (TPSA) is 25.2 Å². The standard InChI is InChI=1S/C15H17FN2S/c1-3-11(4-2)9-17-15-18-14(10-19-15)12-5-7-13(16)8-6-12/h5-11H,3-4H2,1-2H3. The maximum atomic E-state index is 12.9. The van der Waals surface area contributed by atoms with Gasteiger partial charge in [-0.05, 0) is 43.0 Å². The molecule has 2 rings (SSSR count). The lowest BCUT2D eigenvalue weighted by Gasteiger charge is -2.02. The third-order valence-electron chi connectivity index (χ3n) is 3.08. The van der Waals surface area contributed by atoms with Gasteiger partial charge in [0.15, 0.2) is 0 Å². The second-order valence-electron chi connectivity index (χ2n) is 4.38. The van der Waals surface area contributed by atoms with E-state index in [1.54, 1.807) is 12.1 Å². The number of aliphatic imine (C=N–C) groups is 1. The first-order valence-electron chi connectivity index (χ1n) is 6.48. The predicted molar refractivity (Wildman–Crippen MR) is 79.7 cm³/mol. The van der Waals surface area contributed by atoms with Crippen molar-refractivity contribution in [3.8, 4) is 11.3 Å². The van der Waals surface area contributed by atoms with Gasteiger partial charge in [-0.1, -0.05) is 13.8 Å². The van der Waals surface area contributed by atoms with E-state index in [1.165, 1.54) is 23.5 Å². The van der Waals surface area contributed by atoms with E-state index >= 15 is 0 Å². The fraction of sp³-hybridized carbons (Fsp3) is 0.333. The van der Waals surface area contributed by atoms with Gasteiger partial charge in [0, 0.05) is 17.2 Å². The maximum Gasteiger partial charge on any atom is 0.209 e. The van der Waals surface area contributed by atoms with Gasteiger partial charge in [0.25, 0.3) is 0 Å². The number of benzene rings is 1. The van der Waals surface area contributed by atoms with Crippen molar-refractivity contribution in [1.29, 1.82) is 0 Å². The van der Waals surface area contributed by atoms with Crippen molar-refractivity contribution in [3.63, 3.8) is 0 Å². The lowest BCUT2D eigenvalue weighted by molar-refractivity contribution is 0.628. The molecular weight excluding hydrogens is 259 g/mol. The summed E-state index contributed by atoms with van der Waals surface area (Å²) in [6.45, 7) is 4.32. The fourth-order valence-corrected chi connectivity index (χ4v) is 2.42. The summed E-state index contributed by atoms with van der Waals surface area (Å²) in [4.78, 5) is 8.87. The molecule has 2 nitrogen and oxygen atoms in total. The molecule has 0 unspecified atom stereocenters. The Kier molecular flexibility index (Phi) is 4.80. The van der Waals surface area contributed by atoms with Gasteiger partial charge in [-0.2, -0.15) is 0 Å². The molecule has 0 bridgehead atoms. The van der Waals surface area contributed by atoms with Gasteiger partial charge in [-0.3, -0.25) is 0 Å². The highest BCUT2D eigenvalue weighted by Gasteiger charge is 2.04. The van der Waals surface area contributed by atoms with Crippen LogP contribution >= 0.6 is 11.3 Å². The van der Waals surface area contributed by atoms with Crippen molar-refractivity contribution < 1.29 is 4.39 Å². The van der Waals surface area contributed by atoms with E-state index in [9.17, 15) is 4.39 Å². The number of nitrogens with zero attached hydrogens (tertiary/aromatic N) is 2. The first-order valence-corrected chi connectivity index (χ1v) is 7.36. The zero-order chi connectivity index (χ0) is 13.7. The average Bonchev–Trinajstić information content (AvgIpc) is 2.89. The fourth-order valence-electron chi connectivity index (χ4n) is 1.75. The van der Waals surface area contributed by atoms with Crippen molar-refractivity contribution in [2.24, 2.45) is 10.9 Å². The van der Waals surface area contributed by atoms with Crippen LogP contribution in [0, 0.1) is 11.7 Å². The average molecular weight is 276 g/mol. The van der Waals surface area contributed by atoms with E-state index in [0.29, 0.717) is 5.92 Å². The minimum Gasteiger partial charge on any atom is -0.232 e. The van der Waals surface area contributed by atoms with Crippen LogP contribution in [0.15, 0.2) is 34.6 Å². The molecule has 1 aromatic heterocycles. The number of hydrogen-bond acceptors (Lipinski definition) is 3. The third kappa shape index (κ3) is 3.70. The van der Waals surface area contributed by atoms with Crippen LogP contribution < -0.4 is 0 Å². The summed E-state index contributed by atoms with van der Waals surface area (Å²) in [5.74, 6) is 0.282. The SMILES string of the molecule is CCC(C=Nc1nc(-c2ccc(F)cc2)cs1)CC. The molecular formula is C15H17FN2S. The molecule has 19 heavy (non-hydrogen) atoms. The van der Waals surface area contributed by atoms with Gasteiger partial charge in [0.2, 0.25) is 5.13 Å². The van der Waals surface area contributed by atoms with E-state index < -0.39 is 0 Å².